The minimum Gasteiger partial charge on any atom is -0.465 e. The van der Waals surface area contributed by atoms with E-state index in [1.165, 1.54) is 18.9 Å². The molecule has 0 bridgehead atoms. The van der Waals surface area contributed by atoms with Crippen molar-refractivity contribution in [3.8, 4) is 0 Å². The van der Waals surface area contributed by atoms with E-state index in [-0.39, 0.29) is 28.4 Å². The summed E-state index contributed by atoms with van der Waals surface area (Å²) < 4.78 is 4.63. The van der Waals surface area contributed by atoms with Crippen LogP contribution in [0.25, 0.3) is 0 Å². The van der Waals surface area contributed by atoms with E-state index in [9.17, 15) is 14.4 Å². The summed E-state index contributed by atoms with van der Waals surface area (Å²) in [5.41, 5.74) is 6.78. The van der Waals surface area contributed by atoms with Gasteiger partial charge in [-0.15, -0.1) is 11.8 Å². The van der Waals surface area contributed by atoms with Gasteiger partial charge in [0.1, 0.15) is 0 Å². The van der Waals surface area contributed by atoms with Crippen LogP contribution in [0.1, 0.15) is 10.4 Å². The van der Waals surface area contributed by atoms with Gasteiger partial charge in [0.05, 0.1) is 24.2 Å². The van der Waals surface area contributed by atoms with Crippen molar-refractivity contribution >= 4 is 58.3 Å². The molecule has 2 aromatic carbocycles. The Labute approximate surface area is 177 Å². The summed E-state index contributed by atoms with van der Waals surface area (Å²) in [6, 6.07) is 15.6. The molecule has 29 heavy (non-hydrogen) atoms. The fourth-order valence-corrected chi connectivity index (χ4v) is 2.87. The maximum absolute atomic E-state index is 11.8. The minimum absolute atomic E-state index is 0.0889. The van der Waals surface area contributed by atoms with Gasteiger partial charge >= 0.3 is 5.97 Å². The van der Waals surface area contributed by atoms with Crippen LogP contribution < -0.4 is 21.5 Å². The molecule has 0 atom stereocenters. The van der Waals surface area contributed by atoms with Crippen molar-refractivity contribution in [1.29, 1.82) is 0 Å². The van der Waals surface area contributed by atoms with Crippen LogP contribution in [0.2, 0.25) is 0 Å². The summed E-state index contributed by atoms with van der Waals surface area (Å²) >= 11 is 6.27. The topological polar surface area (TPSA) is 109 Å². The molecule has 2 amide bonds. The predicted octanol–water partition coefficient (Wildman–Crippen LogP) is 2.16. The smallest absolute Gasteiger partial charge is 0.337 e. The molecular formula is C19H20N4O4S2. The second kappa shape index (κ2) is 11.7. The Kier molecular flexibility index (Phi) is 8.93. The first-order chi connectivity index (χ1) is 14.0. The quantitative estimate of drug-likeness (QED) is 0.300. The van der Waals surface area contributed by atoms with Crippen molar-refractivity contribution in [2.45, 2.75) is 0 Å². The Morgan fingerprint density at radius 2 is 1.48 bits per heavy atom. The molecule has 152 valence electrons. The van der Waals surface area contributed by atoms with E-state index in [0.29, 0.717) is 16.9 Å². The molecule has 0 heterocycles. The van der Waals surface area contributed by atoms with Crippen LogP contribution >= 0.6 is 24.0 Å². The lowest BCUT2D eigenvalue weighted by atomic mass is 10.2. The van der Waals surface area contributed by atoms with Crippen LogP contribution in [-0.4, -0.2) is 41.5 Å². The highest BCUT2D eigenvalue weighted by Gasteiger charge is 2.07. The zero-order valence-electron chi connectivity index (χ0n) is 15.6. The number of methoxy groups -OCH3 is 1. The molecule has 2 aromatic rings. The average molecular weight is 433 g/mol. The second-order valence-electron chi connectivity index (χ2n) is 5.60. The number of amides is 2. The highest BCUT2D eigenvalue weighted by atomic mass is 32.2. The van der Waals surface area contributed by atoms with Crippen molar-refractivity contribution in [2.24, 2.45) is 0 Å². The normalized spacial score (nSPS) is 9.83. The molecule has 0 aromatic heterocycles. The Morgan fingerprint density at radius 1 is 0.862 bits per heavy atom. The van der Waals surface area contributed by atoms with Crippen LogP contribution in [0.5, 0.6) is 0 Å². The lowest BCUT2D eigenvalue weighted by Crippen LogP contribution is -2.44. The number of anilines is 2. The number of hydrazine groups is 1. The number of rotatable bonds is 7. The van der Waals surface area contributed by atoms with Crippen LogP contribution in [0.15, 0.2) is 54.6 Å². The maximum atomic E-state index is 11.8. The molecule has 0 saturated carbocycles. The van der Waals surface area contributed by atoms with Crippen molar-refractivity contribution in [3.05, 3.63) is 60.2 Å². The third-order valence-corrected chi connectivity index (χ3v) is 4.54. The van der Waals surface area contributed by atoms with Crippen LogP contribution in [0, 0.1) is 0 Å². The third kappa shape index (κ3) is 8.20. The van der Waals surface area contributed by atoms with Crippen molar-refractivity contribution in [3.63, 3.8) is 0 Å². The molecule has 2 rings (SSSR count). The summed E-state index contributed by atoms with van der Waals surface area (Å²) in [4.78, 5) is 35.0. The van der Waals surface area contributed by atoms with E-state index in [1.54, 1.807) is 36.4 Å². The van der Waals surface area contributed by atoms with E-state index in [0.717, 1.165) is 0 Å². The van der Waals surface area contributed by atoms with Crippen LogP contribution in [0.4, 0.5) is 11.4 Å². The molecular weight excluding hydrogens is 412 g/mol. The number of nitrogens with one attached hydrogen (secondary N) is 4. The third-order valence-electron chi connectivity index (χ3n) is 3.40. The number of thioether (sulfide) groups is 1. The molecule has 0 aliphatic carbocycles. The van der Waals surface area contributed by atoms with Gasteiger partial charge in [0.15, 0.2) is 5.11 Å². The monoisotopic (exact) mass is 432 g/mol. The maximum Gasteiger partial charge on any atom is 0.337 e. The SMILES string of the molecule is COC(=O)c1ccc(NC(=S)NNC(=O)CSCC(=O)Nc2ccccc2)cc1. The van der Waals surface area contributed by atoms with Gasteiger partial charge in [0.2, 0.25) is 11.8 Å². The first-order valence-corrected chi connectivity index (χ1v) is 10.0. The molecule has 0 radical (unpaired) electrons. The summed E-state index contributed by atoms with van der Waals surface area (Å²) in [5, 5.41) is 5.78. The minimum atomic E-state index is -0.431. The van der Waals surface area contributed by atoms with Gasteiger partial charge < -0.3 is 15.4 Å². The molecule has 8 nitrogen and oxygen atoms in total. The second-order valence-corrected chi connectivity index (χ2v) is 7.00. The van der Waals surface area contributed by atoms with Crippen molar-refractivity contribution in [2.75, 3.05) is 29.2 Å². The van der Waals surface area contributed by atoms with Gasteiger partial charge in [-0.05, 0) is 48.6 Å². The number of carbonyl (C=O) groups excluding carboxylic acids is 3. The lowest BCUT2D eigenvalue weighted by Gasteiger charge is -2.12. The van der Waals surface area contributed by atoms with Gasteiger partial charge in [-0.2, -0.15) is 0 Å². The largest absolute Gasteiger partial charge is 0.465 e. The molecule has 0 spiro atoms. The van der Waals surface area contributed by atoms with E-state index in [2.05, 4.69) is 26.2 Å². The van der Waals surface area contributed by atoms with Gasteiger partial charge in [0.25, 0.3) is 0 Å². The van der Waals surface area contributed by atoms with E-state index < -0.39 is 5.97 Å². The number of hydrogen-bond donors (Lipinski definition) is 4. The number of benzene rings is 2. The highest BCUT2D eigenvalue weighted by molar-refractivity contribution is 8.00. The van der Waals surface area contributed by atoms with Crippen LogP contribution in [0.3, 0.4) is 0 Å². The lowest BCUT2D eigenvalue weighted by molar-refractivity contribution is -0.119. The molecule has 0 aliphatic rings. The van der Waals surface area contributed by atoms with E-state index in [4.69, 9.17) is 12.2 Å². The van der Waals surface area contributed by atoms with Crippen molar-refractivity contribution < 1.29 is 19.1 Å². The Balaban J connectivity index is 1.63. The van der Waals surface area contributed by atoms with Gasteiger partial charge in [-0.25, -0.2) is 4.79 Å². The summed E-state index contributed by atoms with van der Waals surface area (Å²) in [5.74, 6) is -0.704. The first kappa shape index (κ1) is 22.2. The van der Waals surface area contributed by atoms with Crippen LogP contribution in [-0.2, 0) is 14.3 Å². The number of para-hydroxylation sites is 1. The van der Waals surface area contributed by atoms with Gasteiger partial charge in [0, 0.05) is 11.4 Å². The standard InChI is InChI=1S/C19H20N4O4S2/c1-27-18(26)13-7-9-15(10-8-13)21-19(28)23-22-17(25)12-29-11-16(24)20-14-5-3-2-4-6-14/h2-10H,11-12H2,1H3,(H,20,24)(H,22,25)(H2,21,23,28). The molecule has 10 heteroatoms. The summed E-state index contributed by atoms with van der Waals surface area (Å²) in [6.45, 7) is 0. The van der Waals surface area contributed by atoms with Gasteiger partial charge in [-0.3, -0.25) is 20.4 Å². The highest BCUT2D eigenvalue weighted by Crippen LogP contribution is 2.10. The van der Waals surface area contributed by atoms with E-state index >= 15 is 0 Å². The predicted molar refractivity (Wildman–Crippen MR) is 118 cm³/mol. The first-order valence-electron chi connectivity index (χ1n) is 8.45. The number of ether oxygens (including phenoxy) is 1. The van der Waals surface area contributed by atoms with Gasteiger partial charge in [-0.1, -0.05) is 18.2 Å². The molecule has 0 unspecified atom stereocenters. The Hall–Kier alpha value is -3.11. The average Bonchev–Trinajstić information content (AvgIpc) is 2.73. The molecule has 0 saturated heterocycles. The summed E-state index contributed by atoms with van der Waals surface area (Å²) in [7, 11) is 1.31. The molecule has 0 fully saturated rings. The fraction of sp³-hybridized carbons (Fsp3) is 0.158. The Morgan fingerprint density at radius 3 is 2.14 bits per heavy atom. The zero-order chi connectivity index (χ0) is 21.1. The number of esters is 1. The number of hydrogen-bond acceptors (Lipinski definition) is 6. The summed E-state index contributed by atoms with van der Waals surface area (Å²) in [6.07, 6.45) is 0. The molecule has 0 aliphatic heterocycles. The fourth-order valence-electron chi connectivity index (χ4n) is 2.09. The number of thiocarbonyl (C=S) groups is 1. The number of carbonyl (C=O) groups is 3. The van der Waals surface area contributed by atoms with Crippen molar-refractivity contribution in [1.82, 2.24) is 10.9 Å². The zero-order valence-corrected chi connectivity index (χ0v) is 17.2. The molecule has 4 N–H and O–H groups in total. The Bertz CT molecular complexity index is 860. The van der Waals surface area contributed by atoms with E-state index in [1.807, 2.05) is 18.2 Å².